The van der Waals surface area contributed by atoms with Gasteiger partial charge in [0.2, 0.25) is 0 Å². The predicted molar refractivity (Wildman–Crippen MR) is 66.9 cm³/mol. The van der Waals surface area contributed by atoms with Gasteiger partial charge in [0.1, 0.15) is 5.01 Å². The second kappa shape index (κ2) is 4.82. The van der Waals surface area contributed by atoms with Crippen molar-refractivity contribution in [2.24, 2.45) is 0 Å². The molecule has 1 atom stereocenters. The van der Waals surface area contributed by atoms with Crippen LogP contribution in [0.1, 0.15) is 37.9 Å². The molecule has 0 aromatic carbocycles. The number of nitrogens with one attached hydrogen (secondary N) is 1. The highest BCUT2D eigenvalue weighted by molar-refractivity contribution is 7.09. The summed E-state index contributed by atoms with van der Waals surface area (Å²) >= 11 is 1.70. The van der Waals surface area contributed by atoms with Crippen LogP contribution in [0.15, 0.2) is 5.38 Å². The first kappa shape index (κ1) is 12.0. The molecule has 1 aliphatic rings. The van der Waals surface area contributed by atoms with Gasteiger partial charge in [0.15, 0.2) is 0 Å². The van der Waals surface area contributed by atoms with Crippen molar-refractivity contribution >= 4 is 11.3 Å². The molecule has 1 N–H and O–H groups in total. The van der Waals surface area contributed by atoms with Crippen molar-refractivity contribution in [3.8, 4) is 0 Å². The van der Waals surface area contributed by atoms with Crippen LogP contribution < -0.4 is 5.32 Å². The smallest absolute Gasteiger partial charge is 0.119 e. The summed E-state index contributed by atoms with van der Waals surface area (Å²) in [5.74, 6) is 0. The summed E-state index contributed by atoms with van der Waals surface area (Å²) in [4.78, 5) is 4.62. The van der Waals surface area contributed by atoms with Gasteiger partial charge >= 0.3 is 0 Å². The Labute approximate surface area is 101 Å². The Hall–Kier alpha value is -0.450. The predicted octanol–water partition coefficient (Wildman–Crippen LogP) is 2.32. The molecule has 1 saturated heterocycles. The Balaban J connectivity index is 1.87. The number of nitrogens with zero attached hydrogens (tertiary/aromatic N) is 1. The third kappa shape index (κ3) is 3.03. The lowest BCUT2D eigenvalue weighted by Gasteiger charge is -2.14. The molecule has 0 saturated carbocycles. The van der Waals surface area contributed by atoms with Gasteiger partial charge in [-0.15, -0.1) is 11.3 Å². The van der Waals surface area contributed by atoms with E-state index in [2.05, 4.69) is 36.5 Å². The fourth-order valence-electron chi connectivity index (χ4n) is 1.68. The molecule has 2 heterocycles. The molecule has 2 rings (SSSR count). The maximum absolute atomic E-state index is 5.80. The first-order valence-electron chi connectivity index (χ1n) is 5.83. The van der Waals surface area contributed by atoms with E-state index in [1.165, 1.54) is 5.69 Å². The van der Waals surface area contributed by atoms with Crippen LogP contribution in [0, 0.1) is 0 Å². The number of thiazole rings is 1. The molecule has 90 valence electrons. The monoisotopic (exact) mass is 240 g/mol. The SMILES string of the molecule is CC(C)(C)c1csc(COC2CCNC2)n1. The second-order valence-corrected chi connectivity index (χ2v) is 6.24. The lowest BCUT2D eigenvalue weighted by molar-refractivity contribution is 0.0540. The molecule has 1 aliphatic heterocycles. The first-order chi connectivity index (χ1) is 7.55. The molecular weight excluding hydrogens is 220 g/mol. The van der Waals surface area contributed by atoms with Crippen LogP contribution in [0.4, 0.5) is 0 Å². The van der Waals surface area contributed by atoms with Crippen LogP contribution in [0.25, 0.3) is 0 Å². The highest BCUT2D eigenvalue weighted by atomic mass is 32.1. The van der Waals surface area contributed by atoms with E-state index in [4.69, 9.17) is 4.74 Å². The Morgan fingerprint density at radius 1 is 1.56 bits per heavy atom. The molecule has 1 aromatic rings. The van der Waals surface area contributed by atoms with E-state index in [0.29, 0.717) is 12.7 Å². The fourth-order valence-corrected chi connectivity index (χ4v) is 2.62. The quantitative estimate of drug-likeness (QED) is 0.880. The Morgan fingerprint density at radius 2 is 2.38 bits per heavy atom. The molecule has 0 radical (unpaired) electrons. The Bertz CT molecular complexity index is 337. The van der Waals surface area contributed by atoms with Gasteiger partial charge in [-0.05, 0) is 13.0 Å². The minimum Gasteiger partial charge on any atom is -0.370 e. The summed E-state index contributed by atoms with van der Waals surface area (Å²) in [6.45, 7) is 9.29. The van der Waals surface area contributed by atoms with Gasteiger partial charge in [-0.2, -0.15) is 0 Å². The first-order valence-corrected chi connectivity index (χ1v) is 6.71. The molecule has 0 amide bonds. The van der Waals surface area contributed by atoms with E-state index in [1.807, 2.05) is 0 Å². The molecule has 4 heteroatoms. The molecule has 1 unspecified atom stereocenters. The molecule has 0 bridgehead atoms. The fraction of sp³-hybridized carbons (Fsp3) is 0.750. The summed E-state index contributed by atoms with van der Waals surface area (Å²) < 4.78 is 5.80. The van der Waals surface area contributed by atoms with Gasteiger partial charge in [0.05, 0.1) is 18.4 Å². The lowest BCUT2D eigenvalue weighted by atomic mass is 9.93. The van der Waals surface area contributed by atoms with Crippen LogP contribution >= 0.6 is 11.3 Å². The van der Waals surface area contributed by atoms with Crippen LogP contribution in [-0.2, 0) is 16.8 Å². The highest BCUT2D eigenvalue weighted by Gasteiger charge is 2.19. The van der Waals surface area contributed by atoms with Crippen molar-refractivity contribution < 1.29 is 4.74 Å². The standard InChI is InChI=1S/C12H20N2OS/c1-12(2,3)10-8-16-11(14-10)7-15-9-4-5-13-6-9/h8-9,13H,4-7H2,1-3H3. The highest BCUT2D eigenvalue weighted by Crippen LogP contribution is 2.24. The number of ether oxygens (including phenoxy) is 1. The van der Waals surface area contributed by atoms with Crippen molar-refractivity contribution in [1.82, 2.24) is 10.3 Å². The van der Waals surface area contributed by atoms with Crippen molar-refractivity contribution in [2.75, 3.05) is 13.1 Å². The van der Waals surface area contributed by atoms with Crippen LogP contribution in [-0.4, -0.2) is 24.2 Å². The van der Waals surface area contributed by atoms with E-state index in [0.717, 1.165) is 24.5 Å². The molecule has 1 fully saturated rings. The molecule has 0 spiro atoms. The number of aromatic nitrogens is 1. The summed E-state index contributed by atoms with van der Waals surface area (Å²) in [5.41, 5.74) is 1.31. The van der Waals surface area contributed by atoms with Crippen molar-refractivity contribution in [2.45, 2.75) is 45.3 Å². The third-order valence-corrected chi connectivity index (χ3v) is 3.60. The number of hydrogen-bond donors (Lipinski definition) is 1. The molecule has 16 heavy (non-hydrogen) atoms. The van der Waals surface area contributed by atoms with Gasteiger partial charge in [0.25, 0.3) is 0 Å². The molecular formula is C12H20N2OS. The Morgan fingerprint density at radius 3 is 2.94 bits per heavy atom. The zero-order chi connectivity index (χ0) is 11.6. The Kier molecular flexibility index (Phi) is 3.62. The van der Waals surface area contributed by atoms with E-state index < -0.39 is 0 Å². The van der Waals surface area contributed by atoms with Crippen molar-refractivity contribution in [3.05, 3.63) is 16.1 Å². The summed E-state index contributed by atoms with van der Waals surface area (Å²) in [6.07, 6.45) is 1.50. The van der Waals surface area contributed by atoms with E-state index >= 15 is 0 Å². The van der Waals surface area contributed by atoms with Crippen LogP contribution in [0.3, 0.4) is 0 Å². The minimum absolute atomic E-state index is 0.143. The van der Waals surface area contributed by atoms with Crippen LogP contribution in [0.2, 0.25) is 0 Å². The van der Waals surface area contributed by atoms with E-state index in [-0.39, 0.29) is 5.41 Å². The van der Waals surface area contributed by atoms with E-state index in [1.54, 1.807) is 11.3 Å². The van der Waals surface area contributed by atoms with Crippen LogP contribution in [0.5, 0.6) is 0 Å². The number of rotatable bonds is 3. The van der Waals surface area contributed by atoms with Gasteiger partial charge in [-0.25, -0.2) is 4.98 Å². The van der Waals surface area contributed by atoms with Gasteiger partial charge in [-0.1, -0.05) is 20.8 Å². The summed E-state index contributed by atoms with van der Waals surface area (Å²) in [6, 6.07) is 0. The lowest BCUT2D eigenvalue weighted by Crippen LogP contribution is -2.16. The molecule has 0 aliphatic carbocycles. The zero-order valence-corrected chi connectivity index (χ0v) is 11.1. The van der Waals surface area contributed by atoms with Crippen molar-refractivity contribution in [1.29, 1.82) is 0 Å². The van der Waals surface area contributed by atoms with Gasteiger partial charge in [-0.3, -0.25) is 0 Å². The third-order valence-electron chi connectivity index (χ3n) is 2.78. The maximum atomic E-state index is 5.80. The summed E-state index contributed by atoms with van der Waals surface area (Å²) in [7, 11) is 0. The van der Waals surface area contributed by atoms with Gasteiger partial charge in [0, 0.05) is 17.3 Å². The minimum atomic E-state index is 0.143. The number of hydrogen-bond acceptors (Lipinski definition) is 4. The normalized spacial score (nSPS) is 21.6. The average Bonchev–Trinajstić information content (AvgIpc) is 2.85. The molecule has 3 nitrogen and oxygen atoms in total. The maximum Gasteiger partial charge on any atom is 0.119 e. The van der Waals surface area contributed by atoms with E-state index in [9.17, 15) is 0 Å². The largest absolute Gasteiger partial charge is 0.370 e. The second-order valence-electron chi connectivity index (χ2n) is 5.30. The van der Waals surface area contributed by atoms with Gasteiger partial charge < -0.3 is 10.1 Å². The topological polar surface area (TPSA) is 34.1 Å². The zero-order valence-electron chi connectivity index (χ0n) is 10.2. The summed E-state index contributed by atoms with van der Waals surface area (Å²) in [5, 5.41) is 6.53. The van der Waals surface area contributed by atoms with Crippen molar-refractivity contribution in [3.63, 3.8) is 0 Å². The molecule has 1 aromatic heterocycles. The average molecular weight is 240 g/mol.